The summed E-state index contributed by atoms with van der Waals surface area (Å²) in [6.45, 7) is 3.13. The topological polar surface area (TPSA) is 28.2 Å². The van der Waals surface area contributed by atoms with Crippen LogP contribution in [0.2, 0.25) is 5.15 Å². The Morgan fingerprint density at radius 2 is 2.44 bits per heavy atom. The number of likely N-dealkylation sites (tertiary alicyclic amines) is 1. The Bertz CT molecular complexity index is 343. The SMILES string of the molecule is CNCC1CCCN1Cc1cccc(Cl)n1. The maximum absolute atomic E-state index is 5.89. The average molecular weight is 240 g/mol. The van der Waals surface area contributed by atoms with Gasteiger partial charge in [-0.25, -0.2) is 4.98 Å². The number of hydrogen-bond donors (Lipinski definition) is 1. The molecule has 1 N–H and O–H groups in total. The molecule has 4 heteroatoms. The first-order valence-electron chi connectivity index (χ1n) is 5.79. The highest BCUT2D eigenvalue weighted by molar-refractivity contribution is 6.29. The number of nitrogens with one attached hydrogen (secondary N) is 1. The summed E-state index contributed by atoms with van der Waals surface area (Å²) < 4.78 is 0. The van der Waals surface area contributed by atoms with E-state index in [1.54, 1.807) is 0 Å². The summed E-state index contributed by atoms with van der Waals surface area (Å²) in [5, 5.41) is 3.83. The number of likely N-dealkylation sites (N-methyl/N-ethyl adjacent to an activating group) is 1. The van der Waals surface area contributed by atoms with Gasteiger partial charge in [-0.3, -0.25) is 4.90 Å². The molecule has 3 nitrogen and oxygen atoms in total. The van der Waals surface area contributed by atoms with Gasteiger partial charge in [-0.15, -0.1) is 0 Å². The van der Waals surface area contributed by atoms with Crippen molar-refractivity contribution in [3.05, 3.63) is 29.0 Å². The fourth-order valence-electron chi connectivity index (χ4n) is 2.32. The van der Waals surface area contributed by atoms with E-state index in [2.05, 4.69) is 15.2 Å². The van der Waals surface area contributed by atoms with Gasteiger partial charge in [0.15, 0.2) is 0 Å². The van der Waals surface area contributed by atoms with Crippen LogP contribution in [0.5, 0.6) is 0 Å². The smallest absolute Gasteiger partial charge is 0.129 e. The zero-order valence-corrected chi connectivity index (χ0v) is 10.4. The Morgan fingerprint density at radius 3 is 3.19 bits per heavy atom. The summed E-state index contributed by atoms with van der Waals surface area (Å²) in [6, 6.07) is 6.47. The molecule has 88 valence electrons. The Kier molecular flexibility index (Phi) is 4.16. The molecule has 1 aromatic rings. The minimum atomic E-state index is 0.585. The van der Waals surface area contributed by atoms with Crippen molar-refractivity contribution in [2.24, 2.45) is 0 Å². The molecular formula is C12H18ClN3. The fourth-order valence-corrected chi connectivity index (χ4v) is 2.50. The van der Waals surface area contributed by atoms with Gasteiger partial charge in [0.25, 0.3) is 0 Å². The van der Waals surface area contributed by atoms with Crippen molar-refractivity contribution in [3.63, 3.8) is 0 Å². The van der Waals surface area contributed by atoms with E-state index in [9.17, 15) is 0 Å². The lowest BCUT2D eigenvalue weighted by molar-refractivity contribution is 0.239. The second-order valence-corrected chi connectivity index (χ2v) is 4.66. The third-order valence-electron chi connectivity index (χ3n) is 3.08. The van der Waals surface area contributed by atoms with Crippen LogP contribution < -0.4 is 5.32 Å². The molecule has 2 rings (SSSR count). The van der Waals surface area contributed by atoms with Crippen LogP contribution in [0, 0.1) is 0 Å². The van der Waals surface area contributed by atoms with Crippen molar-refractivity contribution < 1.29 is 0 Å². The zero-order chi connectivity index (χ0) is 11.4. The van der Waals surface area contributed by atoms with Crippen LogP contribution in [0.15, 0.2) is 18.2 Å². The van der Waals surface area contributed by atoms with Crippen LogP contribution in [0.25, 0.3) is 0 Å². The normalized spacial score (nSPS) is 21.5. The van der Waals surface area contributed by atoms with Gasteiger partial charge in [-0.2, -0.15) is 0 Å². The van der Waals surface area contributed by atoms with E-state index in [-0.39, 0.29) is 0 Å². The summed E-state index contributed by atoms with van der Waals surface area (Å²) in [5.41, 5.74) is 1.07. The van der Waals surface area contributed by atoms with Crippen molar-refractivity contribution in [2.75, 3.05) is 20.1 Å². The summed E-state index contributed by atoms with van der Waals surface area (Å²) >= 11 is 5.89. The minimum absolute atomic E-state index is 0.585. The molecule has 0 saturated carbocycles. The number of pyridine rings is 1. The van der Waals surface area contributed by atoms with E-state index in [0.29, 0.717) is 11.2 Å². The number of rotatable bonds is 4. The quantitative estimate of drug-likeness (QED) is 0.814. The number of nitrogens with zero attached hydrogens (tertiary/aromatic N) is 2. The van der Waals surface area contributed by atoms with Gasteiger partial charge in [-0.05, 0) is 38.6 Å². The molecule has 0 aliphatic carbocycles. The number of hydrogen-bond acceptors (Lipinski definition) is 3. The summed E-state index contributed by atoms with van der Waals surface area (Å²) in [5.74, 6) is 0. The first-order chi connectivity index (χ1) is 7.79. The van der Waals surface area contributed by atoms with E-state index in [0.717, 1.165) is 18.8 Å². The van der Waals surface area contributed by atoms with Gasteiger partial charge >= 0.3 is 0 Å². The van der Waals surface area contributed by atoms with Crippen LogP contribution >= 0.6 is 11.6 Å². The lowest BCUT2D eigenvalue weighted by atomic mass is 10.2. The molecule has 0 spiro atoms. The van der Waals surface area contributed by atoms with Crippen LogP contribution in [-0.2, 0) is 6.54 Å². The zero-order valence-electron chi connectivity index (χ0n) is 9.62. The molecule has 1 aliphatic rings. The predicted molar refractivity (Wildman–Crippen MR) is 66.6 cm³/mol. The summed E-state index contributed by atoms with van der Waals surface area (Å²) in [7, 11) is 2.01. The van der Waals surface area contributed by atoms with Gasteiger partial charge in [0.2, 0.25) is 0 Å². The number of aromatic nitrogens is 1. The number of halogens is 1. The molecule has 0 bridgehead atoms. The standard InChI is InChI=1S/C12H18ClN3/c1-14-8-11-5-3-7-16(11)9-10-4-2-6-12(13)15-10/h2,4,6,11,14H,3,5,7-9H2,1H3. The van der Waals surface area contributed by atoms with Crippen molar-refractivity contribution in [1.29, 1.82) is 0 Å². The Labute approximate surface area is 102 Å². The van der Waals surface area contributed by atoms with E-state index < -0.39 is 0 Å². The maximum atomic E-state index is 5.89. The van der Waals surface area contributed by atoms with Crippen molar-refractivity contribution >= 4 is 11.6 Å². The average Bonchev–Trinajstić information content (AvgIpc) is 2.66. The molecule has 1 fully saturated rings. The van der Waals surface area contributed by atoms with Crippen LogP contribution in [0.3, 0.4) is 0 Å². The third-order valence-corrected chi connectivity index (χ3v) is 3.29. The second kappa shape index (κ2) is 5.62. The maximum Gasteiger partial charge on any atom is 0.129 e. The Morgan fingerprint density at radius 1 is 1.56 bits per heavy atom. The lowest BCUT2D eigenvalue weighted by Gasteiger charge is -2.23. The predicted octanol–water partition coefficient (Wildman–Crippen LogP) is 1.92. The molecular weight excluding hydrogens is 222 g/mol. The molecule has 1 unspecified atom stereocenters. The molecule has 2 heterocycles. The Balaban J connectivity index is 1.98. The van der Waals surface area contributed by atoms with E-state index in [1.807, 2.05) is 25.2 Å². The molecule has 1 aromatic heterocycles. The highest BCUT2D eigenvalue weighted by Gasteiger charge is 2.23. The molecule has 1 aliphatic heterocycles. The van der Waals surface area contributed by atoms with Crippen molar-refractivity contribution in [1.82, 2.24) is 15.2 Å². The van der Waals surface area contributed by atoms with Gasteiger partial charge in [0, 0.05) is 19.1 Å². The second-order valence-electron chi connectivity index (χ2n) is 4.28. The van der Waals surface area contributed by atoms with Gasteiger partial charge < -0.3 is 5.32 Å². The third kappa shape index (κ3) is 2.94. The molecule has 0 aromatic carbocycles. The molecule has 1 atom stereocenters. The van der Waals surface area contributed by atoms with E-state index in [1.165, 1.54) is 19.4 Å². The summed E-state index contributed by atoms with van der Waals surface area (Å²) in [6.07, 6.45) is 2.56. The van der Waals surface area contributed by atoms with Crippen LogP contribution in [0.1, 0.15) is 18.5 Å². The van der Waals surface area contributed by atoms with Crippen LogP contribution in [0.4, 0.5) is 0 Å². The molecule has 1 saturated heterocycles. The van der Waals surface area contributed by atoms with Gasteiger partial charge in [-0.1, -0.05) is 17.7 Å². The van der Waals surface area contributed by atoms with Gasteiger partial charge in [0.1, 0.15) is 5.15 Å². The monoisotopic (exact) mass is 239 g/mol. The first kappa shape index (κ1) is 11.8. The van der Waals surface area contributed by atoms with Crippen molar-refractivity contribution in [2.45, 2.75) is 25.4 Å². The van der Waals surface area contributed by atoms with Gasteiger partial charge in [0.05, 0.1) is 5.69 Å². The molecule has 0 amide bonds. The highest BCUT2D eigenvalue weighted by atomic mass is 35.5. The first-order valence-corrected chi connectivity index (χ1v) is 6.17. The largest absolute Gasteiger partial charge is 0.318 e. The Hall–Kier alpha value is -0.640. The summed E-state index contributed by atoms with van der Waals surface area (Å²) in [4.78, 5) is 6.82. The molecule has 16 heavy (non-hydrogen) atoms. The minimum Gasteiger partial charge on any atom is -0.318 e. The molecule has 0 radical (unpaired) electrons. The fraction of sp³-hybridized carbons (Fsp3) is 0.583. The van der Waals surface area contributed by atoms with Crippen LogP contribution in [-0.4, -0.2) is 36.1 Å². The van der Waals surface area contributed by atoms with Crippen molar-refractivity contribution in [3.8, 4) is 0 Å². The highest BCUT2D eigenvalue weighted by Crippen LogP contribution is 2.19. The van der Waals surface area contributed by atoms with E-state index in [4.69, 9.17) is 11.6 Å². The van der Waals surface area contributed by atoms with E-state index >= 15 is 0 Å². The lowest BCUT2D eigenvalue weighted by Crippen LogP contribution is -2.36.